The summed E-state index contributed by atoms with van der Waals surface area (Å²) < 4.78 is 14.6. The maximum Gasteiger partial charge on any atom is 0.272 e. The molecule has 3 aromatic rings. The predicted molar refractivity (Wildman–Crippen MR) is 98.9 cm³/mol. The molecule has 5 nitrogen and oxygen atoms in total. The van der Waals surface area contributed by atoms with E-state index in [4.69, 9.17) is 11.0 Å². The number of hydrogen-bond donors (Lipinski definition) is 2. The highest BCUT2D eigenvalue weighted by Crippen LogP contribution is 2.34. The lowest BCUT2D eigenvalue weighted by Gasteiger charge is -2.12. The molecule has 26 heavy (non-hydrogen) atoms. The standard InChI is InChI=1S/C20H17FN4O/c1-2-9-24-20(26)19-18(23)15-8-4-6-13(16(15)11-25-19)14-7-3-5-12(10-22)17(14)21/h3-8,11H,2,9,23H2,1H3,(H,24,26). The summed E-state index contributed by atoms with van der Waals surface area (Å²) in [5.74, 6) is -0.930. The van der Waals surface area contributed by atoms with Crippen molar-refractivity contribution in [2.75, 3.05) is 12.3 Å². The van der Waals surface area contributed by atoms with Gasteiger partial charge in [-0.2, -0.15) is 5.26 Å². The SMILES string of the molecule is CCCNC(=O)c1ncc2c(-c3cccc(C#N)c3F)cccc2c1N. The second kappa shape index (κ2) is 7.19. The van der Waals surface area contributed by atoms with Gasteiger partial charge in [-0.05, 0) is 18.1 Å². The molecule has 6 heteroatoms. The summed E-state index contributed by atoms with van der Waals surface area (Å²) in [6, 6.07) is 11.7. The fourth-order valence-electron chi connectivity index (χ4n) is 2.83. The van der Waals surface area contributed by atoms with Crippen LogP contribution in [0.2, 0.25) is 0 Å². The van der Waals surface area contributed by atoms with Crippen LogP contribution in [0.3, 0.4) is 0 Å². The summed E-state index contributed by atoms with van der Waals surface area (Å²) in [6.07, 6.45) is 2.32. The van der Waals surface area contributed by atoms with Gasteiger partial charge in [0.15, 0.2) is 5.69 Å². The minimum Gasteiger partial charge on any atom is -0.396 e. The number of aromatic nitrogens is 1. The van der Waals surface area contributed by atoms with Gasteiger partial charge in [0, 0.05) is 29.1 Å². The summed E-state index contributed by atoms with van der Waals surface area (Å²) >= 11 is 0. The third kappa shape index (κ3) is 2.95. The third-order valence-electron chi connectivity index (χ3n) is 4.13. The van der Waals surface area contributed by atoms with Gasteiger partial charge < -0.3 is 11.1 Å². The highest BCUT2D eigenvalue weighted by atomic mass is 19.1. The highest BCUT2D eigenvalue weighted by molar-refractivity contribution is 6.09. The Bertz CT molecular complexity index is 1040. The number of carbonyl (C=O) groups is 1. The van der Waals surface area contributed by atoms with Crippen LogP contribution in [0, 0.1) is 17.1 Å². The zero-order valence-corrected chi connectivity index (χ0v) is 14.2. The summed E-state index contributed by atoms with van der Waals surface area (Å²) in [6.45, 7) is 2.48. The second-order valence-electron chi connectivity index (χ2n) is 5.82. The van der Waals surface area contributed by atoms with Gasteiger partial charge in [-0.25, -0.2) is 9.37 Å². The molecule has 1 aromatic heterocycles. The number of hydrogen-bond acceptors (Lipinski definition) is 4. The normalized spacial score (nSPS) is 10.5. The maximum atomic E-state index is 14.6. The molecule has 0 spiro atoms. The van der Waals surface area contributed by atoms with E-state index >= 15 is 0 Å². The van der Waals surface area contributed by atoms with Gasteiger partial charge in [-0.15, -0.1) is 0 Å². The monoisotopic (exact) mass is 348 g/mol. The summed E-state index contributed by atoms with van der Waals surface area (Å²) in [5, 5.41) is 13.0. The van der Waals surface area contributed by atoms with E-state index in [1.807, 2.05) is 13.0 Å². The molecule has 0 aliphatic rings. The molecule has 130 valence electrons. The number of nitrogen functional groups attached to an aromatic ring is 1. The van der Waals surface area contributed by atoms with Gasteiger partial charge in [0.2, 0.25) is 0 Å². The van der Waals surface area contributed by atoms with Gasteiger partial charge in [-0.1, -0.05) is 37.3 Å². The molecule has 3 N–H and O–H groups in total. The van der Waals surface area contributed by atoms with E-state index < -0.39 is 5.82 Å². The molecule has 1 amide bonds. The van der Waals surface area contributed by atoms with E-state index in [-0.39, 0.29) is 22.9 Å². The summed E-state index contributed by atoms with van der Waals surface area (Å²) in [7, 11) is 0. The molecule has 0 saturated heterocycles. The van der Waals surface area contributed by atoms with Crippen molar-refractivity contribution in [1.29, 1.82) is 5.26 Å². The number of halogens is 1. The maximum absolute atomic E-state index is 14.6. The number of nitriles is 1. The van der Waals surface area contributed by atoms with Crippen molar-refractivity contribution >= 4 is 22.4 Å². The number of carbonyl (C=O) groups excluding carboxylic acids is 1. The first-order valence-electron chi connectivity index (χ1n) is 8.22. The van der Waals surface area contributed by atoms with Crippen molar-refractivity contribution in [3.8, 4) is 17.2 Å². The number of anilines is 1. The number of nitrogens with one attached hydrogen (secondary N) is 1. The average Bonchev–Trinajstić information content (AvgIpc) is 2.66. The first kappa shape index (κ1) is 17.4. The molecule has 0 fully saturated rings. The molecular formula is C20H17FN4O. The van der Waals surface area contributed by atoms with Gasteiger partial charge in [-0.3, -0.25) is 4.79 Å². The minimum absolute atomic E-state index is 0.0315. The Hall–Kier alpha value is -3.46. The topological polar surface area (TPSA) is 91.8 Å². The molecule has 3 rings (SSSR count). The first-order valence-corrected chi connectivity index (χ1v) is 8.22. The van der Waals surface area contributed by atoms with E-state index in [1.54, 1.807) is 30.3 Å². The Balaban J connectivity index is 2.18. The van der Waals surface area contributed by atoms with Crippen LogP contribution in [0.15, 0.2) is 42.6 Å². The molecule has 0 saturated carbocycles. The van der Waals surface area contributed by atoms with Gasteiger partial charge in [0.1, 0.15) is 11.9 Å². The Morgan fingerprint density at radius 2 is 1.96 bits per heavy atom. The predicted octanol–water partition coefficient (Wildman–Crippen LogP) is 3.63. The van der Waals surface area contributed by atoms with Crippen LogP contribution in [0.4, 0.5) is 10.1 Å². The van der Waals surface area contributed by atoms with Gasteiger partial charge in [0.25, 0.3) is 5.91 Å². The number of benzene rings is 2. The molecule has 0 atom stereocenters. The van der Waals surface area contributed by atoms with Gasteiger partial charge >= 0.3 is 0 Å². The van der Waals surface area contributed by atoms with Crippen molar-refractivity contribution in [1.82, 2.24) is 10.3 Å². The Labute approximate surface area is 150 Å². The number of rotatable bonds is 4. The van der Waals surface area contributed by atoms with Crippen LogP contribution in [0.1, 0.15) is 29.4 Å². The van der Waals surface area contributed by atoms with E-state index in [1.165, 1.54) is 12.3 Å². The lowest BCUT2D eigenvalue weighted by molar-refractivity contribution is 0.0950. The lowest BCUT2D eigenvalue weighted by atomic mass is 9.96. The van der Waals surface area contributed by atoms with Crippen molar-refractivity contribution in [3.63, 3.8) is 0 Å². The highest BCUT2D eigenvalue weighted by Gasteiger charge is 2.17. The van der Waals surface area contributed by atoms with Crippen LogP contribution < -0.4 is 11.1 Å². The molecule has 2 aromatic carbocycles. The number of pyridine rings is 1. The quantitative estimate of drug-likeness (QED) is 0.753. The fourth-order valence-corrected chi connectivity index (χ4v) is 2.83. The second-order valence-corrected chi connectivity index (χ2v) is 5.82. The van der Waals surface area contributed by atoms with Gasteiger partial charge in [0.05, 0.1) is 11.3 Å². The van der Waals surface area contributed by atoms with Crippen molar-refractivity contribution in [2.24, 2.45) is 0 Å². The number of nitrogens with two attached hydrogens (primary N) is 1. The lowest BCUT2D eigenvalue weighted by Crippen LogP contribution is -2.26. The minimum atomic E-state index is -0.592. The summed E-state index contributed by atoms with van der Waals surface area (Å²) in [5.41, 5.74) is 7.38. The average molecular weight is 348 g/mol. The molecule has 0 radical (unpaired) electrons. The van der Waals surface area contributed by atoms with Crippen LogP contribution >= 0.6 is 0 Å². The number of nitrogens with zero attached hydrogens (tertiary/aromatic N) is 2. The molecule has 1 heterocycles. The largest absolute Gasteiger partial charge is 0.396 e. The van der Waals surface area contributed by atoms with E-state index in [9.17, 15) is 9.18 Å². The van der Waals surface area contributed by atoms with E-state index in [0.717, 1.165) is 6.42 Å². The van der Waals surface area contributed by atoms with Crippen LogP contribution in [0.25, 0.3) is 21.9 Å². The van der Waals surface area contributed by atoms with Crippen molar-refractivity contribution < 1.29 is 9.18 Å². The molecule has 0 unspecified atom stereocenters. The molecule has 0 aliphatic carbocycles. The van der Waals surface area contributed by atoms with Crippen LogP contribution in [0.5, 0.6) is 0 Å². The number of fused-ring (bicyclic) bond motifs is 1. The van der Waals surface area contributed by atoms with Crippen molar-refractivity contribution in [2.45, 2.75) is 13.3 Å². The Kier molecular flexibility index (Phi) is 4.81. The number of amides is 1. The first-order chi connectivity index (χ1) is 12.6. The fraction of sp³-hybridized carbons (Fsp3) is 0.150. The van der Waals surface area contributed by atoms with E-state index in [0.29, 0.717) is 28.4 Å². The van der Waals surface area contributed by atoms with Crippen LogP contribution in [-0.2, 0) is 0 Å². The van der Waals surface area contributed by atoms with E-state index in [2.05, 4.69) is 10.3 Å². The molecular weight excluding hydrogens is 331 g/mol. The Morgan fingerprint density at radius 1 is 1.23 bits per heavy atom. The summed E-state index contributed by atoms with van der Waals surface area (Å²) in [4.78, 5) is 16.4. The zero-order chi connectivity index (χ0) is 18.7. The van der Waals surface area contributed by atoms with Crippen molar-refractivity contribution in [3.05, 3.63) is 59.7 Å². The third-order valence-corrected chi connectivity index (χ3v) is 4.13. The zero-order valence-electron chi connectivity index (χ0n) is 14.2. The smallest absolute Gasteiger partial charge is 0.272 e. The molecule has 0 aliphatic heterocycles. The van der Waals surface area contributed by atoms with Crippen LogP contribution in [-0.4, -0.2) is 17.4 Å². The molecule has 0 bridgehead atoms. The Morgan fingerprint density at radius 3 is 2.69 bits per heavy atom.